The van der Waals surface area contributed by atoms with E-state index in [1.807, 2.05) is 0 Å². The fourth-order valence-corrected chi connectivity index (χ4v) is 3.53. The molecule has 2 amide bonds. The van der Waals surface area contributed by atoms with Gasteiger partial charge in [-0.15, -0.1) is 11.8 Å². The van der Waals surface area contributed by atoms with Gasteiger partial charge in [-0.2, -0.15) is 0 Å². The summed E-state index contributed by atoms with van der Waals surface area (Å²) in [7, 11) is -1.56. The quantitative estimate of drug-likeness (QED) is 0.231. The lowest BCUT2D eigenvalue weighted by molar-refractivity contribution is -0.139. The first kappa shape index (κ1) is 26.8. The average Bonchev–Trinajstić information content (AvgIpc) is 2.64. The average molecular weight is 450 g/mol. The summed E-state index contributed by atoms with van der Waals surface area (Å²) in [4.78, 5) is 46.6. The Balaban J connectivity index is 5.18. The standard InChI is InChI=1S/C17H27N3O7S2/c1-3-7-28-9-12(19-14(21)6-5-11(18)16(23)24)15(22)20-13(17(25)26)10-29(27)8-4-2/h3,7,10-12H,4-6,8-9,18H2,1-2H3,(H,19,21)(H,20,22)(H,23,24)(H,25,26). The number of thioether (sulfide) groups is 1. The molecule has 12 heteroatoms. The Bertz CT molecular complexity index is 680. The monoisotopic (exact) mass is 449 g/mol. The van der Waals surface area contributed by atoms with Crippen LogP contribution in [0.15, 0.2) is 22.6 Å². The molecule has 0 aromatic rings. The number of allylic oxidation sites excluding steroid dienone is 1. The smallest absolute Gasteiger partial charge is 0.353 e. The summed E-state index contributed by atoms with van der Waals surface area (Å²) < 4.78 is 11.8. The molecule has 0 aliphatic heterocycles. The number of carbonyl (C=O) groups is 4. The van der Waals surface area contributed by atoms with Crippen LogP contribution in [-0.2, 0) is 30.0 Å². The van der Waals surface area contributed by atoms with Crippen molar-refractivity contribution in [1.82, 2.24) is 10.6 Å². The minimum absolute atomic E-state index is 0.109. The largest absolute Gasteiger partial charge is 0.480 e. The SMILES string of the molecule is CC=CSCC(NC(=O)CCC(N)C(=O)O)C(=O)NC(=CS(=O)CCC)C(=O)O. The third kappa shape index (κ3) is 12.1. The van der Waals surface area contributed by atoms with Gasteiger partial charge in [0.1, 0.15) is 17.8 Å². The van der Waals surface area contributed by atoms with Crippen LogP contribution in [0, 0.1) is 0 Å². The molecule has 0 saturated carbocycles. The number of carbonyl (C=O) groups excluding carboxylic acids is 2. The van der Waals surface area contributed by atoms with E-state index >= 15 is 0 Å². The van der Waals surface area contributed by atoms with Crippen LogP contribution in [0.5, 0.6) is 0 Å². The Morgan fingerprint density at radius 2 is 1.90 bits per heavy atom. The molecule has 3 unspecified atom stereocenters. The molecule has 0 aromatic heterocycles. The van der Waals surface area contributed by atoms with E-state index in [0.29, 0.717) is 6.42 Å². The lowest BCUT2D eigenvalue weighted by Crippen LogP contribution is -2.49. The molecule has 0 aromatic carbocycles. The number of carboxylic acid groups (broad SMARTS) is 2. The molecule has 0 radical (unpaired) electrons. The van der Waals surface area contributed by atoms with Gasteiger partial charge in [0.25, 0.3) is 0 Å². The van der Waals surface area contributed by atoms with Crippen molar-refractivity contribution in [2.24, 2.45) is 5.73 Å². The molecular formula is C17H27N3O7S2. The topological polar surface area (TPSA) is 176 Å². The summed E-state index contributed by atoms with van der Waals surface area (Å²) in [5.74, 6) is -3.74. The summed E-state index contributed by atoms with van der Waals surface area (Å²) in [6, 6.07) is -2.30. The van der Waals surface area contributed by atoms with Crippen LogP contribution in [0.4, 0.5) is 0 Å². The van der Waals surface area contributed by atoms with Crippen molar-refractivity contribution in [3.8, 4) is 0 Å². The number of hydrogen-bond donors (Lipinski definition) is 5. The summed E-state index contributed by atoms with van der Waals surface area (Å²) in [5.41, 5.74) is 4.81. The second kappa shape index (κ2) is 14.8. The Morgan fingerprint density at radius 3 is 2.41 bits per heavy atom. The normalized spacial score (nSPS) is 14.8. The van der Waals surface area contributed by atoms with Crippen LogP contribution in [0.3, 0.4) is 0 Å². The highest BCUT2D eigenvalue weighted by molar-refractivity contribution is 8.02. The molecule has 3 atom stereocenters. The fraction of sp³-hybridized carbons (Fsp3) is 0.529. The number of nitrogens with one attached hydrogen (secondary N) is 2. The van der Waals surface area contributed by atoms with Gasteiger partial charge in [0, 0.05) is 34.1 Å². The maximum absolute atomic E-state index is 12.5. The van der Waals surface area contributed by atoms with Crippen LogP contribution in [-0.4, -0.2) is 61.8 Å². The lowest BCUT2D eigenvalue weighted by atomic mass is 10.1. The number of aliphatic carboxylic acids is 2. The summed E-state index contributed by atoms with van der Waals surface area (Å²) in [5, 5.41) is 25.2. The second-order valence-corrected chi connectivity index (χ2v) is 8.16. The zero-order valence-corrected chi connectivity index (χ0v) is 17.9. The van der Waals surface area contributed by atoms with E-state index < -0.39 is 52.3 Å². The van der Waals surface area contributed by atoms with Crippen LogP contribution in [0.1, 0.15) is 33.1 Å². The molecule has 0 rings (SSSR count). The third-order valence-electron chi connectivity index (χ3n) is 3.29. The van der Waals surface area contributed by atoms with Crippen molar-refractivity contribution < 1.29 is 33.6 Å². The van der Waals surface area contributed by atoms with Crippen molar-refractivity contribution in [3.05, 3.63) is 22.6 Å². The molecule has 164 valence electrons. The summed E-state index contributed by atoms with van der Waals surface area (Å²) in [6.45, 7) is 3.55. The molecule has 0 aliphatic rings. The van der Waals surface area contributed by atoms with Crippen molar-refractivity contribution in [2.75, 3.05) is 11.5 Å². The van der Waals surface area contributed by atoms with Crippen molar-refractivity contribution in [2.45, 2.75) is 45.2 Å². The first-order valence-electron chi connectivity index (χ1n) is 8.76. The van der Waals surface area contributed by atoms with E-state index in [2.05, 4.69) is 10.6 Å². The Morgan fingerprint density at radius 1 is 1.24 bits per heavy atom. The van der Waals surface area contributed by atoms with Crippen LogP contribution < -0.4 is 16.4 Å². The van der Waals surface area contributed by atoms with Gasteiger partial charge in [-0.1, -0.05) is 13.0 Å². The number of rotatable bonds is 14. The van der Waals surface area contributed by atoms with E-state index in [1.54, 1.807) is 25.3 Å². The molecule has 0 fully saturated rings. The van der Waals surface area contributed by atoms with Crippen molar-refractivity contribution >= 4 is 46.3 Å². The highest BCUT2D eigenvalue weighted by atomic mass is 32.2. The molecule has 0 heterocycles. The van der Waals surface area contributed by atoms with Gasteiger partial charge in [-0.05, 0) is 25.2 Å². The third-order valence-corrected chi connectivity index (χ3v) is 5.59. The predicted molar refractivity (Wildman–Crippen MR) is 111 cm³/mol. The van der Waals surface area contributed by atoms with E-state index in [1.165, 1.54) is 11.8 Å². The molecule has 0 spiro atoms. The minimum Gasteiger partial charge on any atom is -0.480 e. The molecule has 0 bridgehead atoms. The van der Waals surface area contributed by atoms with E-state index in [0.717, 1.165) is 5.41 Å². The van der Waals surface area contributed by atoms with Gasteiger partial charge in [-0.25, -0.2) is 4.79 Å². The van der Waals surface area contributed by atoms with Crippen LogP contribution >= 0.6 is 11.8 Å². The highest BCUT2D eigenvalue weighted by Crippen LogP contribution is 2.07. The zero-order chi connectivity index (χ0) is 22.4. The highest BCUT2D eigenvalue weighted by Gasteiger charge is 2.24. The molecule has 6 N–H and O–H groups in total. The maximum Gasteiger partial charge on any atom is 0.353 e. The van der Waals surface area contributed by atoms with Crippen LogP contribution in [0.2, 0.25) is 0 Å². The van der Waals surface area contributed by atoms with Gasteiger partial charge < -0.3 is 26.6 Å². The maximum atomic E-state index is 12.5. The van der Waals surface area contributed by atoms with Crippen molar-refractivity contribution in [1.29, 1.82) is 0 Å². The summed E-state index contributed by atoms with van der Waals surface area (Å²) >= 11 is 1.22. The zero-order valence-electron chi connectivity index (χ0n) is 16.3. The first-order chi connectivity index (χ1) is 13.6. The van der Waals surface area contributed by atoms with E-state index in [9.17, 15) is 28.5 Å². The molecule has 0 aliphatic carbocycles. The molecule has 10 nitrogen and oxygen atoms in total. The van der Waals surface area contributed by atoms with Crippen molar-refractivity contribution in [3.63, 3.8) is 0 Å². The molecule has 29 heavy (non-hydrogen) atoms. The second-order valence-electron chi connectivity index (χ2n) is 5.82. The first-order valence-corrected chi connectivity index (χ1v) is 11.2. The number of hydrogen-bond acceptors (Lipinski definition) is 7. The summed E-state index contributed by atoms with van der Waals surface area (Å²) in [6.07, 6.45) is 1.96. The van der Waals surface area contributed by atoms with Gasteiger partial charge >= 0.3 is 11.9 Å². The van der Waals surface area contributed by atoms with Gasteiger partial charge in [0.05, 0.1) is 0 Å². The van der Waals surface area contributed by atoms with E-state index in [-0.39, 0.29) is 24.3 Å². The van der Waals surface area contributed by atoms with Gasteiger partial charge in [0.15, 0.2) is 0 Å². The minimum atomic E-state index is -1.56. The van der Waals surface area contributed by atoms with E-state index in [4.69, 9.17) is 10.8 Å². The van der Waals surface area contributed by atoms with Gasteiger partial charge in [-0.3, -0.25) is 18.6 Å². The molecular weight excluding hydrogens is 422 g/mol. The fourth-order valence-electron chi connectivity index (χ4n) is 1.85. The van der Waals surface area contributed by atoms with Crippen LogP contribution in [0.25, 0.3) is 0 Å². The number of nitrogens with two attached hydrogens (primary N) is 1. The lowest BCUT2D eigenvalue weighted by Gasteiger charge is -2.18. The number of amides is 2. The predicted octanol–water partition coefficient (Wildman–Crippen LogP) is 0.131. The Hall–Kier alpha value is -2.18. The Labute approximate surface area is 175 Å². The number of carboxylic acids is 2. The van der Waals surface area contributed by atoms with Gasteiger partial charge in [0.2, 0.25) is 11.8 Å². The Kier molecular flexibility index (Phi) is 13.7. The molecule has 0 saturated heterocycles.